The summed E-state index contributed by atoms with van der Waals surface area (Å²) < 4.78 is 19.4. The van der Waals surface area contributed by atoms with Gasteiger partial charge in [-0.1, -0.05) is 37.3 Å². The fraction of sp³-hybridized carbons (Fsp3) is 0.294. The van der Waals surface area contributed by atoms with Crippen LogP contribution in [0.25, 0.3) is 0 Å². The Morgan fingerprint density at radius 2 is 2.00 bits per heavy atom. The molecule has 4 heteroatoms. The van der Waals surface area contributed by atoms with E-state index in [2.05, 4.69) is 12.3 Å². The fourth-order valence-electron chi connectivity index (χ4n) is 2.20. The lowest BCUT2D eigenvalue weighted by Crippen LogP contribution is -2.29. The molecule has 0 bridgehead atoms. The van der Waals surface area contributed by atoms with Crippen molar-refractivity contribution >= 4 is 0 Å². The molecule has 0 saturated heterocycles. The molecular weight excluding hydrogens is 267 g/mol. The van der Waals surface area contributed by atoms with Gasteiger partial charge in [0.2, 0.25) is 0 Å². The van der Waals surface area contributed by atoms with Crippen molar-refractivity contribution in [3.05, 3.63) is 65.5 Å². The highest BCUT2D eigenvalue weighted by molar-refractivity contribution is 5.32. The maximum absolute atomic E-state index is 13.8. The summed E-state index contributed by atoms with van der Waals surface area (Å²) in [6, 6.07) is 14.3. The van der Waals surface area contributed by atoms with Crippen LogP contribution in [-0.2, 0) is 6.42 Å². The maximum Gasteiger partial charge on any atom is 0.126 e. The summed E-state index contributed by atoms with van der Waals surface area (Å²) in [6.45, 7) is 2.74. The molecule has 0 heterocycles. The van der Waals surface area contributed by atoms with Crippen LogP contribution in [-0.4, -0.2) is 6.61 Å². The Labute approximate surface area is 124 Å². The number of halogens is 1. The van der Waals surface area contributed by atoms with Gasteiger partial charge < -0.3 is 4.74 Å². The average Bonchev–Trinajstić information content (AvgIpc) is 2.52. The molecule has 0 aliphatic rings. The SMILES string of the molecule is CCCOc1cccc(C(Cc2ccccc2F)NN)c1. The molecule has 0 saturated carbocycles. The van der Waals surface area contributed by atoms with E-state index in [1.54, 1.807) is 12.1 Å². The smallest absolute Gasteiger partial charge is 0.126 e. The highest BCUT2D eigenvalue weighted by atomic mass is 19.1. The second-order valence-corrected chi connectivity index (χ2v) is 4.94. The van der Waals surface area contributed by atoms with Crippen LogP contribution in [0, 0.1) is 5.82 Å². The first-order valence-electron chi connectivity index (χ1n) is 7.17. The average molecular weight is 288 g/mol. The summed E-state index contributed by atoms with van der Waals surface area (Å²) in [5.74, 6) is 6.24. The minimum atomic E-state index is -0.212. The molecule has 0 radical (unpaired) electrons. The third-order valence-corrected chi connectivity index (χ3v) is 3.32. The van der Waals surface area contributed by atoms with E-state index in [4.69, 9.17) is 10.6 Å². The number of nitrogens with one attached hydrogen (secondary N) is 1. The highest BCUT2D eigenvalue weighted by Gasteiger charge is 2.13. The first-order valence-corrected chi connectivity index (χ1v) is 7.17. The van der Waals surface area contributed by atoms with E-state index in [0.717, 1.165) is 17.7 Å². The molecule has 0 aliphatic carbocycles. The third kappa shape index (κ3) is 4.28. The predicted octanol–water partition coefficient (Wildman–Crippen LogP) is 3.36. The fourth-order valence-corrected chi connectivity index (χ4v) is 2.20. The molecule has 2 aromatic carbocycles. The van der Waals surface area contributed by atoms with Gasteiger partial charge in [-0.3, -0.25) is 11.3 Å². The van der Waals surface area contributed by atoms with Crippen LogP contribution in [0.4, 0.5) is 4.39 Å². The standard InChI is InChI=1S/C17H21FN2O/c1-2-10-21-15-8-5-7-14(11-15)17(20-19)12-13-6-3-4-9-16(13)18/h3-9,11,17,20H,2,10,12,19H2,1H3. The monoisotopic (exact) mass is 288 g/mol. The molecule has 2 aromatic rings. The quantitative estimate of drug-likeness (QED) is 0.606. The van der Waals surface area contributed by atoms with Gasteiger partial charge in [-0.25, -0.2) is 4.39 Å². The Morgan fingerprint density at radius 1 is 1.19 bits per heavy atom. The second-order valence-electron chi connectivity index (χ2n) is 4.94. The van der Waals surface area contributed by atoms with Gasteiger partial charge in [0.25, 0.3) is 0 Å². The van der Waals surface area contributed by atoms with E-state index in [1.807, 2.05) is 30.3 Å². The van der Waals surface area contributed by atoms with Gasteiger partial charge in [0.15, 0.2) is 0 Å². The van der Waals surface area contributed by atoms with Gasteiger partial charge in [0.1, 0.15) is 11.6 Å². The van der Waals surface area contributed by atoms with E-state index >= 15 is 0 Å². The van der Waals surface area contributed by atoms with Crippen LogP contribution >= 0.6 is 0 Å². The lowest BCUT2D eigenvalue weighted by Gasteiger charge is -2.18. The van der Waals surface area contributed by atoms with Crippen molar-refractivity contribution in [1.82, 2.24) is 5.43 Å². The van der Waals surface area contributed by atoms with Crippen LogP contribution < -0.4 is 16.0 Å². The van der Waals surface area contributed by atoms with Crippen molar-refractivity contribution in [1.29, 1.82) is 0 Å². The summed E-state index contributed by atoms with van der Waals surface area (Å²) in [7, 11) is 0. The van der Waals surface area contributed by atoms with E-state index in [9.17, 15) is 4.39 Å². The molecule has 21 heavy (non-hydrogen) atoms. The number of hydrazine groups is 1. The number of benzene rings is 2. The third-order valence-electron chi connectivity index (χ3n) is 3.32. The molecule has 0 aliphatic heterocycles. The van der Waals surface area contributed by atoms with Crippen LogP contribution in [0.1, 0.15) is 30.5 Å². The minimum Gasteiger partial charge on any atom is -0.494 e. The first-order chi connectivity index (χ1) is 10.2. The summed E-state index contributed by atoms with van der Waals surface area (Å²) in [5.41, 5.74) is 4.38. The number of hydrogen-bond acceptors (Lipinski definition) is 3. The molecule has 1 atom stereocenters. The lowest BCUT2D eigenvalue weighted by molar-refractivity contribution is 0.316. The van der Waals surface area contributed by atoms with E-state index in [0.29, 0.717) is 18.6 Å². The largest absolute Gasteiger partial charge is 0.494 e. The second kappa shape index (κ2) is 7.76. The zero-order valence-corrected chi connectivity index (χ0v) is 12.2. The summed E-state index contributed by atoms with van der Waals surface area (Å²) in [6.07, 6.45) is 1.44. The van der Waals surface area contributed by atoms with Crippen LogP contribution in [0.3, 0.4) is 0 Å². The van der Waals surface area contributed by atoms with E-state index in [1.165, 1.54) is 6.07 Å². The zero-order valence-electron chi connectivity index (χ0n) is 12.2. The summed E-state index contributed by atoms with van der Waals surface area (Å²) in [4.78, 5) is 0. The first kappa shape index (κ1) is 15.5. The van der Waals surface area contributed by atoms with Crippen molar-refractivity contribution < 1.29 is 9.13 Å². The molecule has 1 unspecified atom stereocenters. The van der Waals surface area contributed by atoms with E-state index < -0.39 is 0 Å². The predicted molar refractivity (Wildman–Crippen MR) is 82.4 cm³/mol. The Balaban J connectivity index is 2.15. The molecule has 0 fully saturated rings. The van der Waals surface area contributed by atoms with Crippen molar-refractivity contribution in [3.8, 4) is 5.75 Å². The summed E-state index contributed by atoms with van der Waals surface area (Å²) >= 11 is 0. The number of ether oxygens (including phenoxy) is 1. The number of nitrogens with two attached hydrogens (primary N) is 1. The van der Waals surface area contributed by atoms with E-state index in [-0.39, 0.29) is 11.9 Å². The Morgan fingerprint density at radius 3 is 2.71 bits per heavy atom. The molecule has 0 amide bonds. The number of hydrogen-bond donors (Lipinski definition) is 2. The molecular formula is C17H21FN2O. The van der Waals surface area contributed by atoms with Crippen molar-refractivity contribution in [3.63, 3.8) is 0 Å². The molecule has 0 spiro atoms. The van der Waals surface area contributed by atoms with Gasteiger partial charge >= 0.3 is 0 Å². The Kier molecular flexibility index (Phi) is 5.72. The summed E-state index contributed by atoms with van der Waals surface area (Å²) in [5, 5.41) is 0. The molecule has 3 N–H and O–H groups in total. The topological polar surface area (TPSA) is 47.3 Å². The molecule has 2 rings (SSSR count). The van der Waals surface area contributed by atoms with Crippen molar-refractivity contribution in [2.45, 2.75) is 25.8 Å². The maximum atomic E-state index is 13.8. The van der Waals surface area contributed by atoms with Gasteiger partial charge in [0.05, 0.1) is 12.6 Å². The molecule has 3 nitrogen and oxygen atoms in total. The Bertz CT molecular complexity index is 574. The molecule has 0 aromatic heterocycles. The number of rotatable bonds is 7. The van der Waals surface area contributed by atoms with Crippen molar-refractivity contribution in [2.75, 3.05) is 6.61 Å². The highest BCUT2D eigenvalue weighted by Crippen LogP contribution is 2.23. The van der Waals surface area contributed by atoms with Gasteiger partial charge in [-0.2, -0.15) is 0 Å². The normalized spacial score (nSPS) is 12.1. The Hall–Kier alpha value is -1.91. The van der Waals surface area contributed by atoms with Crippen LogP contribution in [0.15, 0.2) is 48.5 Å². The lowest BCUT2D eigenvalue weighted by atomic mass is 9.99. The zero-order chi connectivity index (χ0) is 15.1. The van der Waals surface area contributed by atoms with Gasteiger partial charge in [-0.15, -0.1) is 0 Å². The molecule has 112 valence electrons. The van der Waals surface area contributed by atoms with Gasteiger partial charge in [0, 0.05) is 0 Å². The van der Waals surface area contributed by atoms with Crippen LogP contribution in [0.2, 0.25) is 0 Å². The van der Waals surface area contributed by atoms with Crippen LogP contribution in [0.5, 0.6) is 5.75 Å². The van der Waals surface area contributed by atoms with Crippen molar-refractivity contribution in [2.24, 2.45) is 5.84 Å². The van der Waals surface area contributed by atoms with Gasteiger partial charge in [-0.05, 0) is 42.2 Å². The minimum absolute atomic E-state index is 0.160.